The van der Waals surface area contributed by atoms with E-state index in [1.165, 1.54) is 11.1 Å². The summed E-state index contributed by atoms with van der Waals surface area (Å²) in [7, 11) is 0. The lowest BCUT2D eigenvalue weighted by Gasteiger charge is -2.30. The summed E-state index contributed by atoms with van der Waals surface area (Å²) in [6.07, 6.45) is 1.74. The Hall–Kier alpha value is -1.35. The van der Waals surface area contributed by atoms with E-state index >= 15 is 0 Å². The Bertz CT molecular complexity index is 403. The van der Waals surface area contributed by atoms with E-state index in [1.807, 2.05) is 17.9 Å². The van der Waals surface area contributed by atoms with E-state index in [-0.39, 0.29) is 11.8 Å². The quantitative estimate of drug-likeness (QED) is 0.859. The predicted molar refractivity (Wildman–Crippen MR) is 68.4 cm³/mol. The van der Waals surface area contributed by atoms with Gasteiger partial charge in [0, 0.05) is 19.0 Å². The summed E-state index contributed by atoms with van der Waals surface area (Å²) in [5.74, 6) is 0.287. The van der Waals surface area contributed by atoms with Gasteiger partial charge in [0.1, 0.15) is 0 Å². The van der Waals surface area contributed by atoms with E-state index in [2.05, 4.69) is 18.2 Å². The monoisotopic (exact) mass is 232 g/mol. The molecule has 1 heterocycles. The van der Waals surface area contributed by atoms with Crippen molar-refractivity contribution in [2.24, 2.45) is 11.7 Å². The maximum absolute atomic E-state index is 12.2. The Morgan fingerprint density at radius 2 is 2.12 bits per heavy atom. The van der Waals surface area contributed by atoms with Crippen molar-refractivity contribution >= 4 is 5.91 Å². The van der Waals surface area contributed by atoms with Crippen LogP contribution in [0.25, 0.3) is 0 Å². The van der Waals surface area contributed by atoms with Gasteiger partial charge in [0.2, 0.25) is 5.91 Å². The summed E-state index contributed by atoms with van der Waals surface area (Å²) >= 11 is 0. The van der Waals surface area contributed by atoms with Gasteiger partial charge >= 0.3 is 0 Å². The maximum atomic E-state index is 12.2. The van der Waals surface area contributed by atoms with Crippen molar-refractivity contribution in [3.63, 3.8) is 0 Å². The molecule has 0 bridgehead atoms. The van der Waals surface area contributed by atoms with Crippen LogP contribution < -0.4 is 5.73 Å². The smallest absolute Gasteiger partial charge is 0.225 e. The van der Waals surface area contributed by atoms with Crippen molar-refractivity contribution in [2.45, 2.75) is 26.3 Å². The average molecular weight is 232 g/mol. The number of hydrogen-bond donors (Lipinski definition) is 1. The van der Waals surface area contributed by atoms with Crippen LogP contribution in [0.4, 0.5) is 0 Å². The molecule has 1 aromatic rings. The molecule has 0 saturated carbocycles. The van der Waals surface area contributed by atoms with E-state index in [0.717, 1.165) is 25.9 Å². The van der Waals surface area contributed by atoms with Crippen molar-refractivity contribution in [1.82, 2.24) is 4.90 Å². The highest BCUT2D eigenvalue weighted by Crippen LogP contribution is 2.20. The highest BCUT2D eigenvalue weighted by Gasteiger charge is 2.23. The number of fused-ring (bicyclic) bond motifs is 1. The van der Waals surface area contributed by atoms with E-state index in [0.29, 0.717) is 6.54 Å². The van der Waals surface area contributed by atoms with Crippen molar-refractivity contribution in [3.05, 3.63) is 35.4 Å². The molecule has 1 aliphatic heterocycles. The van der Waals surface area contributed by atoms with Gasteiger partial charge < -0.3 is 10.6 Å². The fourth-order valence-corrected chi connectivity index (χ4v) is 2.37. The number of amides is 1. The highest BCUT2D eigenvalue weighted by atomic mass is 16.2. The molecule has 0 aromatic heterocycles. The highest BCUT2D eigenvalue weighted by molar-refractivity contribution is 5.78. The molecule has 1 aromatic carbocycles. The number of hydrogen-bond acceptors (Lipinski definition) is 2. The van der Waals surface area contributed by atoms with Gasteiger partial charge in [-0.25, -0.2) is 0 Å². The third-order valence-electron chi connectivity index (χ3n) is 3.46. The molecule has 1 aliphatic rings. The first-order valence-corrected chi connectivity index (χ1v) is 6.28. The fraction of sp³-hybridized carbons (Fsp3) is 0.500. The first kappa shape index (κ1) is 12.1. The van der Waals surface area contributed by atoms with E-state index in [4.69, 9.17) is 5.73 Å². The summed E-state index contributed by atoms with van der Waals surface area (Å²) in [6, 6.07) is 8.37. The van der Waals surface area contributed by atoms with Crippen LogP contribution in [0.1, 0.15) is 24.5 Å². The molecule has 0 radical (unpaired) electrons. The SMILES string of the molecule is CC(CCN)C(=O)N1CCc2ccccc2C1. The Labute approximate surface area is 103 Å². The van der Waals surface area contributed by atoms with Gasteiger partial charge in [0.05, 0.1) is 0 Å². The van der Waals surface area contributed by atoms with Gasteiger partial charge in [-0.2, -0.15) is 0 Å². The minimum atomic E-state index is 0.0465. The minimum Gasteiger partial charge on any atom is -0.338 e. The van der Waals surface area contributed by atoms with E-state index in [1.54, 1.807) is 0 Å². The van der Waals surface area contributed by atoms with Crippen molar-refractivity contribution < 1.29 is 4.79 Å². The fourth-order valence-electron chi connectivity index (χ4n) is 2.37. The largest absolute Gasteiger partial charge is 0.338 e. The van der Waals surface area contributed by atoms with Crippen LogP contribution in [-0.4, -0.2) is 23.9 Å². The van der Waals surface area contributed by atoms with Gasteiger partial charge in [0.25, 0.3) is 0 Å². The number of benzene rings is 1. The molecule has 17 heavy (non-hydrogen) atoms. The molecule has 3 nitrogen and oxygen atoms in total. The van der Waals surface area contributed by atoms with Gasteiger partial charge in [-0.05, 0) is 30.5 Å². The molecular weight excluding hydrogens is 212 g/mol. The van der Waals surface area contributed by atoms with Crippen LogP contribution in [0.2, 0.25) is 0 Å². The zero-order chi connectivity index (χ0) is 12.3. The summed E-state index contributed by atoms with van der Waals surface area (Å²) in [4.78, 5) is 14.1. The van der Waals surface area contributed by atoms with E-state index < -0.39 is 0 Å². The molecule has 1 unspecified atom stereocenters. The van der Waals surface area contributed by atoms with Crippen LogP contribution in [0.15, 0.2) is 24.3 Å². The first-order valence-electron chi connectivity index (χ1n) is 6.28. The van der Waals surface area contributed by atoms with Gasteiger partial charge in [0.15, 0.2) is 0 Å². The van der Waals surface area contributed by atoms with Crippen LogP contribution in [0.5, 0.6) is 0 Å². The Morgan fingerprint density at radius 3 is 2.82 bits per heavy atom. The number of carbonyl (C=O) groups excluding carboxylic acids is 1. The molecule has 2 rings (SSSR count). The van der Waals surface area contributed by atoms with Crippen molar-refractivity contribution in [2.75, 3.05) is 13.1 Å². The zero-order valence-electron chi connectivity index (χ0n) is 10.4. The molecule has 1 amide bonds. The second-order valence-electron chi connectivity index (χ2n) is 4.76. The second kappa shape index (κ2) is 5.32. The first-order chi connectivity index (χ1) is 8.22. The molecule has 2 N–H and O–H groups in total. The topological polar surface area (TPSA) is 46.3 Å². The van der Waals surface area contributed by atoms with Gasteiger partial charge in [-0.1, -0.05) is 31.2 Å². The molecule has 0 aliphatic carbocycles. The lowest BCUT2D eigenvalue weighted by molar-refractivity contribution is -0.136. The van der Waals surface area contributed by atoms with Crippen molar-refractivity contribution in [3.8, 4) is 0 Å². The zero-order valence-corrected chi connectivity index (χ0v) is 10.4. The van der Waals surface area contributed by atoms with Crippen LogP contribution in [0.3, 0.4) is 0 Å². The number of rotatable bonds is 3. The summed E-state index contributed by atoms with van der Waals surface area (Å²) in [5.41, 5.74) is 8.16. The number of nitrogens with zero attached hydrogens (tertiary/aromatic N) is 1. The normalized spacial score (nSPS) is 16.5. The molecule has 1 atom stereocenters. The molecule has 0 spiro atoms. The Balaban J connectivity index is 2.05. The molecule has 0 fully saturated rings. The number of carbonyl (C=O) groups is 1. The van der Waals surface area contributed by atoms with Crippen LogP contribution in [-0.2, 0) is 17.8 Å². The van der Waals surface area contributed by atoms with Gasteiger partial charge in [-0.3, -0.25) is 4.79 Å². The summed E-state index contributed by atoms with van der Waals surface area (Å²) in [5, 5.41) is 0. The molecule has 0 saturated heterocycles. The maximum Gasteiger partial charge on any atom is 0.225 e. The van der Waals surface area contributed by atoms with Gasteiger partial charge in [-0.15, -0.1) is 0 Å². The minimum absolute atomic E-state index is 0.0465. The molecular formula is C14H20N2O. The molecule has 3 heteroatoms. The summed E-state index contributed by atoms with van der Waals surface area (Å²) in [6.45, 7) is 4.14. The molecule has 92 valence electrons. The summed E-state index contributed by atoms with van der Waals surface area (Å²) < 4.78 is 0. The van der Waals surface area contributed by atoms with Crippen LogP contribution in [0, 0.1) is 5.92 Å². The standard InChI is InChI=1S/C14H20N2O/c1-11(6-8-15)14(17)16-9-7-12-4-2-3-5-13(12)10-16/h2-5,11H,6-10,15H2,1H3. The predicted octanol–water partition coefficient (Wildman–Crippen LogP) is 1.56. The lowest BCUT2D eigenvalue weighted by atomic mass is 9.98. The van der Waals surface area contributed by atoms with E-state index in [9.17, 15) is 4.79 Å². The lowest BCUT2D eigenvalue weighted by Crippen LogP contribution is -2.39. The Kier molecular flexibility index (Phi) is 3.79. The third-order valence-corrected chi connectivity index (χ3v) is 3.46. The third kappa shape index (κ3) is 2.67. The number of nitrogens with two attached hydrogens (primary N) is 1. The average Bonchev–Trinajstić information content (AvgIpc) is 2.37. The second-order valence-corrected chi connectivity index (χ2v) is 4.76. The Morgan fingerprint density at radius 1 is 1.41 bits per heavy atom. The van der Waals surface area contributed by atoms with Crippen LogP contribution >= 0.6 is 0 Å². The van der Waals surface area contributed by atoms with Crippen molar-refractivity contribution in [1.29, 1.82) is 0 Å².